The predicted octanol–water partition coefficient (Wildman–Crippen LogP) is 0.581. The van der Waals surface area contributed by atoms with Crippen LogP contribution in [0.1, 0.15) is 26.7 Å². The molecule has 1 atom stereocenters. The van der Waals surface area contributed by atoms with Crippen molar-refractivity contribution in [3.8, 4) is 0 Å². The van der Waals surface area contributed by atoms with Crippen molar-refractivity contribution in [1.82, 2.24) is 15.1 Å². The van der Waals surface area contributed by atoms with E-state index in [4.69, 9.17) is 0 Å². The maximum Gasteiger partial charge on any atom is 0.139 e. The summed E-state index contributed by atoms with van der Waals surface area (Å²) in [6, 6.07) is 0. The van der Waals surface area contributed by atoms with Gasteiger partial charge < -0.3 is 10.2 Å². The average Bonchev–Trinajstić information content (AvgIpc) is 2.77. The van der Waals surface area contributed by atoms with Crippen LogP contribution in [0, 0.1) is 5.92 Å². The molecule has 4 heteroatoms. The van der Waals surface area contributed by atoms with Crippen LogP contribution in [0.4, 0.5) is 0 Å². The van der Waals surface area contributed by atoms with Crippen LogP contribution in [0.25, 0.3) is 0 Å². The molecule has 1 unspecified atom stereocenters. The number of likely N-dealkylation sites (tertiary alicyclic amines) is 1. The van der Waals surface area contributed by atoms with E-state index < -0.39 is 0 Å². The molecule has 0 radical (unpaired) electrons. The lowest BCUT2D eigenvalue weighted by Crippen LogP contribution is -2.54. The third-order valence-corrected chi connectivity index (χ3v) is 4.43. The molecular weight excluding hydrogens is 226 g/mol. The van der Waals surface area contributed by atoms with E-state index in [-0.39, 0.29) is 11.5 Å². The summed E-state index contributed by atoms with van der Waals surface area (Å²) in [5.41, 5.74) is 0.0142. The Labute approximate surface area is 111 Å². The minimum atomic E-state index is 0.0142. The third-order valence-electron chi connectivity index (χ3n) is 4.43. The zero-order valence-corrected chi connectivity index (χ0v) is 12.0. The second-order valence-electron chi connectivity index (χ2n) is 6.44. The molecule has 2 aliphatic heterocycles. The molecule has 0 saturated carbocycles. The fourth-order valence-electron chi connectivity index (χ4n) is 3.15. The molecular formula is C14H27N3O. The van der Waals surface area contributed by atoms with E-state index in [0.717, 1.165) is 45.7 Å². The van der Waals surface area contributed by atoms with Gasteiger partial charge in [0.1, 0.15) is 5.78 Å². The Hall–Kier alpha value is -0.450. The molecule has 0 spiro atoms. The highest BCUT2D eigenvalue weighted by molar-refractivity contribution is 5.82. The van der Waals surface area contributed by atoms with E-state index in [0.29, 0.717) is 12.2 Å². The van der Waals surface area contributed by atoms with E-state index in [1.54, 1.807) is 0 Å². The Kier molecular flexibility index (Phi) is 4.41. The van der Waals surface area contributed by atoms with Gasteiger partial charge in [0.05, 0.1) is 0 Å². The van der Waals surface area contributed by atoms with Gasteiger partial charge in [-0.05, 0) is 33.9 Å². The number of piperazine rings is 1. The van der Waals surface area contributed by atoms with Gasteiger partial charge in [-0.25, -0.2) is 0 Å². The van der Waals surface area contributed by atoms with Gasteiger partial charge in [-0.15, -0.1) is 0 Å². The third kappa shape index (κ3) is 3.31. The summed E-state index contributed by atoms with van der Waals surface area (Å²) in [4.78, 5) is 17.1. The van der Waals surface area contributed by atoms with Crippen molar-refractivity contribution in [2.75, 3.05) is 46.3 Å². The Morgan fingerprint density at radius 1 is 1.28 bits per heavy atom. The van der Waals surface area contributed by atoms with Crippen molar-refractivity contribution >= 4 is 5.78 Å². The average molecular weight is 253 g/mol. The first-order valence-corrected chi connectivity index (χ1v) is 7.16. The number of rotatable bonds is 4. The van der Waals surface area contributed by atoms with Gasteiger partial charge in [-0.1, -0.05) is 0 Å². The molecule has 2 fully saturated rings. The minimum Gasteiger partial charge on any atom is -0.314 e. The second-order valence-corrected chi connectivity index (χ2v) is 6.44. The van der Waals surface area contributed by atoms with Crippen molar-refractivity contribution < 1.29 is 4.79 Å². The van der Waals surface area contributed by atoms with Gasteiger partial charge in [-0.2, -0.15) is 0 Å². The van der Waals surface area contributed by atoms with Crippen LogP contribution in [-0.2, 0) is 4.79 Å². The molecule has 18 heavy (non-hydrogen) atoms. The van der Waals surface area contributed by atoms with Crippen molar-refractivity contribution in [1.29, 1.82) is 0 Å². The molecule has 0 aromatic rings. The number of carbonyl (C=O) groups is 1. The smallest absolute Gasteiger partial charge is 0.139 e. The highest BCUT2D eigenvalue weighted by atomic mass is 16.1. The van der Waals surface area contributed by atoms with Crippen LogP contribution in [0.3, 0.4) is 0 Å². The Morgan fingerprint density at radius 2 is 1.94 bits per heavy atom. The monoisotopic (exact) mass is 253 g/mol. The van der Waals surface area contributed by atoms with Gasteiger partial charge in [0, 0.05) is 50.6 Å². The van der Waals surface area contributed by atoms with Gasteiger partial charge in [0.25, 0.3) is 0 Å². The van der Waals surface area contributed by atoms with Crippen LogP contribution >= 0.6 is 0 Å². The van der Waals surface area contributed by atoms with Gasteiger partial charge in [0.2, 0.25) is 0 Å². The molecule has 2 rings (SSSR count). The largest absolute Gasteiger partial charge is 0.314 e. The summed E-state index contributed by atoms with van der Waals surface area (Å²) in [7, 11) is 2.11. The summed E-state index contributed by atoms with van der Waals surface area (Å²) >= 11 is 0. The molecule has 0 bridgehead atoms. The molecule has 0 aromatic carbocycles. The molecule has 2 saturated heterocycles. The fourth-order valence-corrected chi connectivity index (χ4v) is 3.15. The van der Waals surface area contributed by atoms with Crippen LogP contribution in [0.5, 0.6) is 0 Å². The lowest BCUT2D eigenvalue weighted by atomic mass is 9.89. The van der Waals surface area contributed by atoms with Gasteiger partial charge in [0.15, 0.2) is 0 Å². The summed E-state index contributed by atoms with van der Waals surface area (Å²) in [5.74, 6) is 0.736. The van der Waals surface area contributed by atoms with Crippen molar-refractivity contribution in [3.05, 3.63) is 0 Å². The van der Waals surface area contributed by atoms with Crippen LogP contribution < -0.4 is 5.32 Å². The number of nitrogens with one attached hydrogen (secondary N) is 1. The SMILES string of the molecule is CN1CCC(C(=O)CC(C)(C)N2CCNCC2)C1. The van der Waals surface area contributed by atoms with Crippen LogP contribution in [0.15, 0.2) is 0 Å². The maximum atomic E-state index is 12.4. The topological polar surface area (TPSA) is 35.6 Å². The van der Waals surface area contributed by atoms with E-state index in [2.05, 4.69) is 36.0 Å². The number of hydrogen-bond acceptors (Lipinski definition) is 4. The first-order chi connectivity index (χ1) is 8.49. The number of Topliss-reactive ketones (excluding diaryl/α,β-unsaturated/α-hetero) is 1. The van der Waals surface area contributed by atoms with Gasteiger partial charge >= 0.3 is 0 Å². The van der Waals surface area contributed by atoms with E-state index in [9.17, 15) is 4.79 Å². The molecule has 0 amide bonds. The van der Waals surface area contributed by atoms with Crippen LogP contribution in [0.2, 0.25) is 0 Å². The predicted molar refractivity (Wildman–Crippen MR) is 73.7 cm³/mol. The number of nitrogens with zero attached hydrogens (tertiary/aromatic N) is 2. The number of carbonyl (C=O) groups excluding carboxylic acids is 1. The lowest BCUT2D eigenvalue weighted by molar-refractivity contribution is -0.125. The molecule has 2 aliphatic rings. The highest BCUT2D eigenvalue weighted by Gasteiger charge is 2.34. The summed E-state index contributed by atoms with van der Waals surface area (Å²) in [5, 5.41) is 3.37. The highest BCUT2D eigenvalue weighted by Crippen LogP contribution is 2.25. The lowest BCUT2D eigenvalue weighted by Gasteiger charge is -2.41. The van der Waals surface area contributed by atoms with E-state index >= 15 is 0 Å². The normalized spacial score (nSPS) is 27.6. The Balaban J connectivity index is 1.88. The molecule has 4 nitrogen and oxygen atoms in total. The molecule has 0 aromatic heterocycles. The minimum absolute atomic E-state index is 0.0142. The zero-order chi connectivity index (χ0) is 13.2. The fraction of sp³-hybridized carbons (Fsp3) is 0.929. The number of hydrogen-bond donors (Lipinski definition) is 1. The first kappa shape index (κ1) is 14.0. The molecule has 2 heterocycles. The van der Waals surface area contributed by atoms with Crippen molar-refractivity contribution in [2.24, 2.45) is 5.92 Å². The van der Waals surface area contributed by atoms with E-state index in [1.165, 1.54) is 0 Å². The van der Waals surface area contributed by atoms with E-state index in [1.807, 2.05) is 0 Å². The quantitative estimate of drug-likeness (QED) is 0.795. The summed E-state index contributed by atoms with van der Waals surface area (Å²) in [6.45, 7) is 10.7. The van der Waals surface area contributed by atoms with Crippen LogP contribution in [-0.4, -0.2) is 67.4 Å². The first-order valence-electron chi connectivity index (χ1n) is 7.16. The Bertz CT molecular complexity index is 297. The molecule has 0 aliphatic carbocycles. The molecule has 1 N–H and O–H groups in total. The number of ketones is 1. The Morgan fingerprint density at radius 3 is 2.50 bits per heavy atom. The van der Waals surface area contributed by atoms with Crippen molar-refractivity contribution in [2.45, 2.75) is 32.2 Å². The second kappa shape index (κ2) is 5.68. The zero-order valence-electron chi connectivity index (χ0n) is 12.0. The summed E-state index contributed by atoms with van der Waals surface area (Å²) < 4.78 is 0. The van der Waals surface area contributed by atoms with Gasteiger partial charge in [-0.3, -0.25) is 9.69 Å². The summed E-state index contributed by atoms with van der Waals surface area (Å²) in [6.07, 6.45) is 1.75. The van der Waals surface area contributed by atoms with Crippen molar-refractivity contribution in [3.63, 3.8) is 0 Å². The standard InChI is InChI=1S/C14H27N3O/c1-14(2,17-8-5-15-6-9-17)10-13(18)12-4-7-16(3)11-12/h12,15H,4-11H2,1-3H3. The maximum absolute atomic E-state index is 12.4. The molecule has 104 valence electrons.